The van der Waals surface area contributed by atoms with E-state index in [0.29, 0.717) is 17.5 Å². The van der Waals surface area contributed by atoms with Gasteiger partial charge in [0, 0.05) is 35.7 Å². The Balaban J connectivity index is 1.60. The molecule has 6 amide bonds. The van der Waals surface area contributed by atoms with Gasteiger partial charge in [0.2, 0.25) is 23.6 Å². The van der Waals surface area contributed by atoms with E-state index >= 15 is 4.79 Å². The molecule has 9 atom stereocenters. The minimum absolute atomic E-state index is 0.0660. The number of hydrogen-bond acceptors (Lipinski definition) is 15. The van der Waals surface area contributed by atoms with E-state index in [2.05, 4.69) is 37.0 Å². The number of aromatic nitrogens is 1. The SMILES string of the molecule is CC(O)C1NC(=O)C(CCCCN)C(=O)C(Cc2c[nH]c3ccccc23)NC(=O)C(Cc2ccccc2)NC(=O)C(NC(=O)C(N)Cc2ccccc2)SSCC(C(=O)NN(CO)[C@@H](C)O)NC1=O. The van der Waals surface area contributed by atoms with Crippen LogP contribution < -0.4 is 43.5 Å². The first-order valence-corrected chi connectivity index (χ1v) is 24.9. The number of ketones is 1. The third-order valence-electron chi connectivity index (χ3n) is 11.4. The fourth-order valence-electron chi connectivity index (χ4n) is 7.54. The molecule has 0 spiro atoms. The number of nitrogens with two attached hydrogens (primary N) is 2. The number of unbranched alkanes of at least 4 members (excludes halogenated alkanes) is 1. The third-order valence-corrected chi connectivity index (χ3v) is 13.9. The maximum Gasteiger partial charge on any atom is 0.257 e. The fourth-order valence-corrected chi connectivity index (χ4v) is 9.90. The number of fused-ring (bicyclic) bond motifs is 1. The van der Waals surface area contributed by atoms with E-state index in [9.17, 15) is 44.1 Å². The first-order chi connectivity index (χ1) is 33.1. The van der Waals surface area contributed by atoms with Gasteiger partial charge in [0.15, 0.2) is 11.2 Å². The third kappa shape index (κ3) is 15.8. The number of hydrazine groups is 1. The van der Waals surface area contributed by atoms with Gasteiger partial charge < -0.3 is 58.4 Å². The van der Waals surface area contributed by atoms with Crippen LogP contribution in [0, 0.1) is 5.92 Å². The Kier molecular flexibility index (Phi) is 21.0. The number of para-hydroxylation sites is 1. The number of hydrogen-bond donors (Lipinski definition) is 12. The predicted molar refractivity (Wildman–Crippen MR) is 262 cm³/mol. The highest BCUT2D eigenvalue weighted by Crippen LogP contribution is 2.28. The number of carbonyl (C=O) groups is 7. The molecule has 5 rings (SSSR count). The lowest BCUT2D eigenvalue weighted by molar-refractivity contribution is -0.142. The van der Waals surface area contributed by atoms with E-state index in [1.807, 2.05) is 30.3 Å². The summed E-state index contributed by atoms with van der Waals surface area (Å²) >= 11 is 0. The van der Waals surface area contributed by atoms with Crippen molar-refractivity contribution in [1.29, 1.82) is 0 Å². The van der Waals surface area contributed by atoms with Crippen LogP contribution in [0.3, 0.4) is 0 Å². The topological polar surface area (TPSA) is 323 Å². The molecule has 0 radical (unpaired) electrons. The van der Waals surface area contributed by atoms with Crippen LogP contribution in [0.1, 0.15) is 49.8 Å². The van der Waals surface area contributed by atoms with Gasteiger partial charge in [0.1, 0.15) is 31.1 Å². The summed E-state index contributed by atoms with van der Waals surface area (Å²) in [6.45, 7) is 1.89. The number of rotatable bonds is 17. The minimum atomic E-state index is -1.74. The molecule has 1 aliphatic heterocycles. The lowest BCUT2D eigenvalue weighted by Crippen LogP contribution is -2.61. The Morgan fingerprint density at radius 1 is 0.797 bits per heavy atom. The molecule has 1 aromatic heterocycles. The van der Waals surface area contributed by atoms with Gasteiger partial charge >= 0.3 is 0 Å². The summed E-state index contributed by atoms with van der Waals surface area (Å²) in [5, 5.41) is 44.2. The van der Waals surface area contributed by atoms with Crippen LogP contribution in [0.15, 0.2) is 91.1 Å². The van der Waals surface area contributed by atoms with Crippen LogP contribution in [-0.4, -0.2) is 133 Å². The van der Waals surface area contributed by atoms with Gasteiger partial charge in [-0.15, -0.1) is 0 Å². The van der Waals surface area contributed by atoms with Crippen molar-refractivity contribution in [3.8, 4) is 0 Å². The normalized spacial score (nSPS) is 22.5. The highest BCUT2D eigenvalue weighted by Gasteiger charge is 2.39. The highest BCUT2D eigenvalue weighted by atomic mass is 33.1. The van der Waals surface area contributed by atoms with Crippen LogP contribution in [0.4, 0.5) is 0 Å². The van der Waals surface area contributed by atoms with Crippen molar-refractivity contribution in [2.45, 2.75) is 100 Å². The van der Waals surface area contributed by atoms with E-state index in [1.54, 1.807) is 60.8 Å². The molecular formula is C47H62N10O10S2. The largest absolute Gasteiger partial charge is 0.391 e. The molecular weight excluding hydrogens is 929 g/mol. The Bertz CT molecular complexity index is 2360. The summed E-state index contributed by atoms with van der Waals surface area (Å²) < 4.78 is 0. The maximum atomic E-state index is 15.0. The lowest BCUT2D eigenvalue weighted by Gasteiger charge is -2.30. The Morgan fingerprint density at radius 2 is 1.45 bits per heavy atom. The van der Waals surface area contributed by atoms with Crippen LogP contribution in [0.2, 0.25) is 0 Å². The van der Waals surface area contributed by atoms with Gasteiger partial charge in [-0.3, -0.25) is 39.0 Å². The molecule has 14 N–H and O–H groups in total. The molecule has 0 saturated carbocycles. The quantitative estimate of drug-likeness (QED) is 0.0211. The van der Waals surface area contributed by atoms with E-state index < -0.39 is 102 Å². The molecule has 8 unspecified atom stereocenters. The second-order valence-corrected chi connectivity index (χ2v) is 19.2. The van der Waals surface area contributed by atoms with Gasteiger partial charge in [-0.1, -0.05) is 107 Å². The Labute approximate surface area is 407 Å². The van der Waals surface area contributed by atoms with Crippen molar-refractivity contribution >= 4 is 73.7 Å². The Morgan fingerprint density at radius 3 is 2.10 bits per heavy atom. The van der Waals surface area contributed by atoms with Crippen LogP contribution in [0.5, 0.6) is 0 Å². The zero-order valence-electron chi connectivity index (χ0n) is 38.3. The first kappa shape index (κ1) is 54.1. The number of aromatic amines is 1. The standard InChI is InChI=1S/C47H62N10O10S2/c1-27(59)39-45(66)53-38(44(65)56-57(26-58)28(2)60)25-68-69-47(55-42(63)34(49)21-29-13-5-3-6-14-29)46(67)52-37(22-30-15-7-4-8-16-30)43(64)51-36(23-31-24-50-35-19-10-9-17-32(31)35)40(61)33(41(62)54-39)18-11-12-20-48/h3-10,13-17,19,24,27-28,33-34,36-39,47,50,58-60H,11-12,18,20-23,25-26,48-49H2,1-2H3,(H,51,64)(H,52,67)(H,53,66)(H,54,62)(H,55,63)(H,56,65)/t27?,28-,33?,34?,36?,37?,38?,39?,47?/m1/s1. The molecule has 1 fully saturated rings. The van der Waals surface area contributed by atoms with Crippen molar-refractivity contribution < 1.29 is 48.9 Å². The summed E-state index contributed by atoms with van der Waals surface area (Å²) in [6, 6.07) is 17.9. The van der Waals surface area contributed by atoms with Crippen molar-refractivity contribution in [1.82, 2.24) is 42.0 Å². The van der Waals surface area contributed by atoms with Crippen LogP contribution >= 0.6 is 21.6 Å². The molecule has 0 bridgehead atoms. The average molecular weight is 991 g/mol. The first-order valence-electron chi connectivity index (χ1n) is 22.6. The fraction of sp³-hybridized carbons (Fsp3) is 0.426. The lowest BCUT2D eigenvalue weighted by atomic mass is 9.88. The van der Waals surface area contributed by atoms with Gasteiger partial charge in [-0.25, -0.2) is 0 Å². The summed E-state index contributed by atoms with van der Waals surface area (Å²) in [6.07, 6.45) is -0.724. The molecule has 22 heteroatoms. The maximum absolute atomic E-state index is 15.0. The highest BCUT2D eigenvalue weighted by molar-refractivity contribution is 8.77. The monoisotopic (exact) mass is 990 g/mol. The predicted octanol–water partition coefficient (Wildman–Crippen LogP) is -0.384. The number of aliphatic hydroxyl groups excluding tert-OH is 3. The number of nitrogens with one attached hydrogen (secondary N) is 7. The number of carbonyl (C=O) groups excluding carboxylic acids is 7. The average Bonchev–Trinajstić information content (AvgIpc) is 3.74. The summed E-state index contributed by atoms with van der Waals surface area (Å²) in [5.41, 5.74) is 17.2. The number of Topliss-reactive ketones (excluding diaryl/α,β-unsaturated/α-hetero) is 1. The van der Waals surface area contributed by atoms with Crippen LogP contribution in [-0.2, 0) is 52.8 Å². The van der Waals surface area contributed by atoms with E-state index in [4.69, 9.17) is 11.5 Å². The summed E-state index contributed by atoms with van der Waals surface area (Å²) in [4.78, 5) is 103. The number of benzene rings is 3. The molecule has 1 saturated heterocycles. The minimum Gasteiger partial charge on any atom is -0.391 e. The smallest absolute Gasteiger partial charge is 0.257 e. The van der Waals surface area contributed by atoms with Crippen molar-refractivity contribution in [2.24, 2.45) is 17.4 Å². The summed E-state index contributed by atoms with van der Waals surface area (Å²) in [5.74, 6) is -7.90. The summed E-state index contributed by atoms with van der Waals surface area (Å²) in [7, 11) is 1.62. The molecule has 1 aliphatic rings. The number of amides is 6. The Hall–Kier alpha value is -5.85. The molecule has 20 nitrogen and oxygen atoms in total. The van der Waals surface area contributed by atoms with Crippen molar-refractivity contribution in [3.05, 3.63) is 108 Å². The second-order valence-electron chi connectivity index (χ2n) is 16.7. The molecule has 2 heterocycles. The van der Waals surface area contributed by atoms with E-state index in [1.165, 1.54) is 13.8 Å². The number of aliphatic hydroxyl groups is 3. The second kappa shape index (κ2) is 26.8. The number of H-pyrrole nitrogens is 1. The van der Waals surface area contributed by atoms with Gasteiger partial charge in [0.25, 0.3) is 11.8 Å². The van der Waals surface area contributed by atoms with Crippen LogP contribution in [0.25, 0.3) is 10.9 Å². The molecule has 4 aromatic rings. The van der Waals surface area contributed by atoms with Crippen molar-refractivity contribution in [2.75, 3.05) is 19.0 Å². The zero-order valence-corrected chi connectivity index (χ0v) is 40.0. The number of nitrogens with zero attached hydrogens (tertiary/aromatic N) is 1. The van der Waals surface area contributed by atoms with Crippen molar-refractivity contribution in [3.63, 3.8) is 0 Å². The molecule has 69 heavy (non-hydrogen) atoms. The van der Waals surface area contributed by atoms with Gasteiger partial charge in [0.05, 0.1) is 24.1 Å². The molecule has 0 aliphatic carbocycles. The van der Waals surface area contributed by atoms with E-state index in [0.717, 1.165) is 43.1 Å². The molecule has 3 aromatic carbocycles. The van der Waals surface area contributed by atoms with Gasteiger partial charge in [-0.05, 0) is 62.4 Å². The van der Waals surface area contributed by atoms with Gasteiger partial charge in [-0.2, -0.15) is 5.01 Å². The van der Waals surface area contributed by atoms with E-state index in [-0.39, 0.29) is 44.4 Å². The molecule has 372 valence electrons. The zero-order chi connectivity index (χ0) is 50.0.